The summed E-state index contributed by atoms with van der Waals surface area (Å²) >= 11 is 0. The summed E-state index contributed by atoms with van der Waals surface area (Å²) in [6, 6.07) is 12.2. The van der Waals surface area contributed by atoms with Gasteiger partial charge in [-0.3, -0.25) is 4.79 Å². The minimum atomic E-state index is -1.10. The van der Waals surface area contributed by atoms with Crippen molar-refractivity contribution in [3.63, 3.8) is 0 Å². The number of esters is 1. The lowest BCUT2D eigenvalue weighted by Gasteiger charge is -2.26. The Morgan fingerprint density at radius 1 is 1.00 bits per heavy atom. The molecule has 204 valence electrons. The van der Waals surface area contributed by atoms with Crippen molar-refractivity contribution in [2.24, 2.45) is 5.41 Å². The normalized spacial score (nSPS) is 13.6. The van der Waals surface area contributed by atoms with Crippen molar-refractivity contribution in [3.05, 3.63) is 64.2 Å². The highest BCUT2D eigenvalue weighted by atomic mass is 16.5. The average Bonchev–Trinajstić information content (AvgIpc) is 2.82. The third-order valence-electron chi connectivity index (χ3n) is 7.00. The first-order valence-electron chi connectivity index (χ1n) is 13.1. The van der Waals surface area contributed by atoms with E-state index in [0.29, 0.717) is 11.5 Å². The number of aliphatic hydroxyl groups is 1. The number of aryl methyl sites for hydroxylation is 3. The summed E-state index contributed by atoms with van der Waals surface area (Å²) in [5.74, 6) is 0.426. The van der Waals surface area contributed by atoms with Crippen molar-refractivity contribution in [2.45, 2.75) is 92.2 Å². The van der Waals surface area contributed by atoms with Crippen LogP contribution in [0, 0.1) is 19.3 Å². The molecule has 0 aliphatic rings. The molecule has 2 atom stereocenters. The predicted octanol–water partition coefficient (Wildman–Crippen LogP) is 5.90. The molecule has 6 heteroatoms. The Morgan fingerprint density at radius 2 is 1.68 bits per heavy atom. The van der Waals surface area contributed by atoms with E-state index in [0.717, 1.165) is 36.1 Å². The number of benzene rings is 2. The molecule has 1 amide bonds. The predicted molar refractivity (Wildman–Crippen MR) is 148 cm³/mol. The topological polar surface area (TPSA) is 84.9 Å². The van der Waals surface area contributed by atoms with Crippen molar-refractivity contribution in [1.82, 2.24) is 5.32 Å². The van der Waals surface area contributed by atoms with E-state index in [4.69, 9.17) is 9.47 Å². The fraction of sp³-hybridized carbons (Fsp3) is 0.548. The lowest BCUT2D eigenvalue weighted by atomic mass is 9.88. The molecule has 2 N–H and O–H groups in total. The molecular formula is C31H45NO5. The summed E-state index contributed by atoms with van der Waals surface area (Å²) in [7, 11) is 1.31. The zero-order valence-corrected chi connectivity index (χ0v) is 24.0. The SMILES string of the molecule is CCC(CCc1ccc(C(=O)NC(C)(C)C(=O)OC)c(C)c1)c1ccc(OCC(O)C(C)(C)C)c(C)c1. The minimum Gasteiger partial charge on any atom is -0.491 e. The second-order valence-corrected chi connectivity index (χ2v) is 11.6. The van der Waals surface area contributed by atoms with Crippen molar-refractivity contribution in [1.29, 1.82) is 0 Å². The van der Waals surface area contributed by atoms with Crippen LogP contribution in [0.2, 0.25) is 0 Å². The Bertz CT molecular complexity index is 1080. The first-order chi connectivity index (χ1) is 17.2. The zero-order chi connectivity index (χ0) is 28.0. The van der Waals surface area contributed by atoms with Crippen molar-refractivity contribution in [3.8, 4) is 5.75 Å². The van der Waals surface area contributed by atoms with Gasteiger partial charge in [-0.2, -0.15) is 0 Å². The number of carbonyl (C=O) groups is 2. The zero-order valence-electron chi connectivity index (χ0n) is 24.0. The molecular weight excluding hydrogens is 466 g/mol. The number of rotatable bonds is 11. The van der Waals surface area contributed by atoms with Gasteiger partial charge in [-0.25, -0.2) is 4.79 Å². The third kappa shape index (κ3) is 8.32. The molecule has 0 spiro atoms. The summed E-state index contributed by atoms with van der Waals surface area (Å²) in [5.41, 5.74) is 3.62. The first kappa shape index (κ1) is 30.4. The second-order valence-electron chi connectivity index (χ2n) is 11.6. The minimum absolute atomic E-state index is 0.221. The van der Waals surface area contributed by atoms with Crippen LogP contribution in [0.5, 0.6) is 5.75 Å². The highest BCUT2D eigenvalue weighted by Gasteiger charge is 2.31. The summed E-state index contributed by atoms with van der Waals surface area (Å²) in [6.07, 6.45) is 2.36. The molecule has 0 saturated carbocycles. The van der Waals surface area contributed by atoms with E-state index >= 15 is 0 Å². The molecule has 0 heterocycles. The Hall–Kier alpha value is -2.86. The van der Waals surface area contributed by atoms with E-state index in [1.54, 1.807) is 13.8 Å². The number of methoxy groups -OCH3 is 1. The number of nitrogens with one attached hydrogen (secondary N) is 1. The molecule has 0 saturated heterocycles. The van der Waals surface area contributed by atoms with Gasteiger partial charge in [0, 0.05) is 5.56 Å². The third-order valence-corrected chi connectivity index (χ3v) is 7.00. The van der Waals surface area contributed by atoms with E-state index < -0.39 is 17.6 Å². The van der Waals surface area contributed by atoms with Gasteiger partial charge in [-0.15, -0.1) is 0 Å². The van der Waals surface area contributed by atoms with E-state index in [1.165, 1.54) is 18.2 Å². The molecule has 37 heavy (non-hydrogen) atoms. The van der Waals surface area contributed by atoms with Gasteiger partial charge >= 0.3 is 5.97 Å². The number of ether oxygens (including phenoxy) is 2. The largest absolute Gasteiger partial charge is 0.491 e. The Balaban J connectivity index is 2.04. The molecule has 0 bridgehead atoms. The van der Waals surface area contributed by atoms with Crippen molar-refractivity contribution < 1.29 is 24.2 Å². The van der Waals surface area contributed by atoms with E-state index in [9.17, 15) is 14.7 Å². The van der Waals surface area contributed by atoms with Crippen LogP contribution in [0.15, 0.2) is 36.4 Å². The number of carbonyl (C=O) groups excluding carboxylic acids is 2. The highest BCUT2D eigenvalue weighted by Crippen LogP contribution is 2.30. The van der Waals surface area contributed by atoms with Crippen LogP contribution in [0.3, 0.4) is 0 Å². The van der Waals surface area contributed by atoms with Crippen LogP contribution in [0.25, 0.3) is 0 Å². The molecule has 2 aromatic carbocycles. The van der Waals surface area contributed by atoms with Crippen LogP contribution < -0.4 is 10.1 Å². The second kappa shape index (κ2) is 12.6. The van der Waals surface area contributed by atoms with Gasteiger partial charge in [0.15, 0.2) is 0 Å². The van der Waals surface area contributed by atoms with E-state index in [-0.39, 0.29) is 17.9 Å². The number of aliphatic hydroxyl groups excluding tert-OH is 1. The summed E-state index contributed by atoms with van der Waals surface area (Å²) in [5, 5.41) is 13.0. The highest BCUT2D eigenvalue weighted by molar-refractivity contribution is 5.99. The van der Waals surface area contributed by atoms with Crippen LogP contribution in [-0.2, 0) is 16.0 Å². The number of hydrogen-bond acceptors (Lipinski definition) is 5. The smallest absolute Gasteiger partial charge is 0.330 e. The van der Waals surface area contributed by atoms with Gasteiger partial charge in [-0.1, -0.05) is 52.0 Å². The van der Waals surface area contributed by atoms with Gasteiger partial charge in [0.05, 0.1) is 13.2 Å². The summed E-state index contributed by atoms with van der Waals surface area (Å²) in [4.78, 5) is 24.7. The fourth-order valence-corrected chi connectivity index (χ4v) is 4.25. The van der Waals surface area contributed by atoms with Crippen LogP contribution in [0.4, 0.5) is 0 Å². The van der Waals surface area contributed by atoms with E-state index in [1.807, 2.05) is 52.8 Å². The van der Waals surface area contributed by atoms with E-state index in [2.05, 4.69) is 30.4 Å². The monoisotopic (exact) mass is 511 g/mol. The lowest BCUT2D eigenvalue weighted by Crippen LogP contribution is -2.50. The molecule has 6 nitrogen and oxygen atoms in total. The van der Waals surface area contributed by atoms with Gasteiger partial charge in [0.1, 0.15) is 17.9 Å². The number of hydrogen-bond donors (Lipinski definition) is 2. The molecule has 2 rings (SSSR count). The molecule has 2 aromatic rings. The van der Waals surface area contributed by atoms with Crippen molar-refractivity contribution in [2.75, 3.05) is 13.7 Å². The molecule has 0 radical (unpaired) electrons. The quantitative estimate of drug-likeness (QED) is 0.367. The maximum atomic E-state index is 12.8. The van der Waals surface area contributed by atoms with Crippen LogP contribution >= 0.6 is 0 Å². The summed E-state index contributed by atoms with van der Waals surface area (Å²) in [6.45, 7) is 15.7. The average molecular weight is 512 g/mol. The van der Waals surface area contributed by atoms with Crippen LogP contribution in [0.1, 0.15) is 92.9 Å². The van der Waals surface area contributed by atoms with Gasteiger partial charge in [0.2, 0.25) is 0 Å². The summed E-state index contributed by atoms with van der Waals surface area (Å²) < 4.78 is 10.7. The molecule has 0 aliphatic carbocycles. The fourth-order valence-electron chi connectivity index (χ4n) is 4.25. The molecule has 2 unspecified atom stereocenters. The molecule has 0 fully saturated rings. The standard InChI is InChI=1S/C31H45NO5/c1-10-23(24-14-16-26(21(3)18-24)37-19-27(33)30(4,5)6)13-11-22-12-15-25(20(2)17-22)28(34)32-31(7,8)29(35)36-9/h12,14-18,23,27,33H,10-11,13,19H2,1-9H3,(H,32,34). The van der Waals surface area contributed by atoms with Gasteiger partial charge in [-0.05, 0) is 92.7 Å². The molecule has 0 aliphatic heterocycles. The van der Waals surface area contributed by atoms with Crippen LogP contribution in [-0.4, -0.2) is 42.3 Å². The first-order valence-corrected chi connectivity index (χ1v) is 13.1. The van der Waals surface area contributed by atoms with Crippen molar-refractivity contribution >= 4 is 11.9 Å². The Labute approximate surface area is 222 Å². The Morgan fingerprint density at radius 3 is 2.22 bits per heavy atom. The number of amides is 1. The lowest BCUT2D eigenvalue weighted by molar-refractivity contribution is -0.146. The van der Waals surface area contributed by atoms with Gasteiger partial charge < -0.3 is 19.9 Å². The maximum Gasteiger partial charge on any atom is 0.330 e. The Kier molecular flexibility index (Phi) is 10.3. The molecule has 0 aromatic heterocycles. The maximum absolute atomic E-state index is 12.8. The van der Waals surface area contributed by atoms with Gasteiger partial charge in [0.25, 0.3) is 5.91 Å².